The number of furan rings is 1. The van der Waals surface area contributed by atoms with Crippen LogP contribution in [0.5, 0.6) is 5.75 Å². The van der Waals surface area contributed by atoms with Gasteiger partial charge >= 0.3 is 11.6 Å². The van der Waals surface area contributed by atoms with E-state index in [0.29, 0.717) is 10.7 Å². The molecule has 0 aromatic carbocycles. The molecule has 0 saturated heterocycles. The summed E-state index contributed by atoms with van der Waals surface area (Å²) in [6.45, 7) is 5.81. The Morgan fingerprint density at radius 1 is 1.38 bits per heavy atom. The number of sulfonamides is 1. The third-order valence-electron chi connectivity index (χ3n) is 4.21. The molecule has 1 atom stereocenters. The molecule has 0 fully saturated rings. The van der Waals surface area contributed by atoms with Crippen molar-refractivity contribution in [2.45, 2.75) is 31.0 Å². The van der Waals surface area contributed by atoms with Crippen LogP contribution in [-0.2, 0) is 10.0 Å². The molecule has 3 heterocycles. The second-order valence-electron chi connectivity index (χ2n) is 6.02. The van der Waals surface area contributed by atoms with E-state index in [-0.39, 0.29) is 40.7 Å². The number of thiophene rings is 1. The predicted octanol–water partition coefficient (Wildman–Crippen LogP) is 2.51. The Bertz CT molecular complexity index is 1060. The lowest BCUT2D eigenvalue weighted by molar-refractivity contribution is -1.03. The molecule has 0 aliphatic heterocycles. The number of hydrogen-bond donors (Lipinski definition) is 4. The van der Waals surface area contributed by atoms with Crippen LogP contribution in [0.4, 0.5) is 17.3 Å². The topological polar surface area (TPSA) is 145 Å². The number of nitrogens with one attached hydrogen (secondary N) is 2. The Balaban J connectivity index is 1.86. The van der Waals surface area contributed by atoms with Crippen LogP contribution in [0.3, 0.4) is 0 Å². The summed E-state index contributed by atoms with van der Waals surface area (Å²) in [5.41, 5.74) is 0.114. The second-order valence-corrected chi connectivity index (χ2v) is 9.04. The Labute approximate surface area is 171 Å². The fourth-order valence-corrected chi connectivity index (χ4v) is 5.52. The van der Waals surface area contributed by atoms with Gasteiger partial charge in [0.15, 0.2) is 9.96 Å². The van der Waals surface area contributed by atoms with Crippen LogP contribution in [0.1, 0.15) is 32.6 Å². The van der Waals surface area contributed by atoms with Crippen molar-refractivity contribution in [3.05, 3.63) is 29.5 Å². The lowest BCUT2D eigenvalue weighted by atomic mass is 10.2. The van der Waals surface area contributed by atoms with Gasteiger partial charge in [-0.15, -0.1) is 11.3 Å². The SMILES string of the molecule is CCN(CC)S(=O)(=O)c1scc(Nc2no[n+](O)c2N[C@H](C)c2ccco2)c1O. The molecule has 0 radical (unpaired) electrons. The van der Waals surface area contributed by atoms with Crippen molar-refractivity contribution >= 4 is 38.7 Å². The first-order valence-corrected chi connectivity index (χ1v) is 11.1. The van der Waals surface area contributed by atoms with Gasteiger partial charge in [0.05, 0.1) is 12.0 Å². The van der Waals surface area contributed by atoms with E-state index in [4.69, 9.17) is 9.05 Å². The number of hydrogen-bond acceptors (Lipinski definition) is 10. The molecule has 0 unspecified atom stereocenters. The summed E-state index contributed by atoms with van der Waals surface area (Å²) in [5.74, 6) is 0.293. The van der Waals surface area contributed by atoms with Crippen LogP contribution in [0.15, 0.2) is 37.0 Å². The van der Waals surface area contributed by atoms with E-state index in [1.165, 1.54) is 15.9 Å². The molecule has 0 aliphatic rings. The summed E-state index contributed by atoms with van der Waals surface area (Å²) in [7, 11) is -3.82. The van der Waals surface area contributed by atoms with Gasteiger partial charge in [0, 0.05) is 18.5 Å². The van der Waals surface area contributed by atoms with Crippen molar-refractivity contribution in [2.24, 2.45) is 0 Å². The first-order chi connectivity index (χ1) is 13.8. The van der Waals surface area contributed by atoms with E-state index in [2.05, 4.69) is 15.8 Å². The van der Waals surface area contributed by atoms with Crippen molar-refractivity contribution in [3.8, 4) is 5.75 Å². The quantitative estimate of drug-likeness (QED) is 0.366. The van der Waals surface area contributed by atoms with Gasteiger partial charge in [0.25, 0.3) is 10.0 Å². The molecule has 3 aromatic heterocycles. The van der Waals surface area contributed by atoms with Crippen LogP contribution < -0.4 is 15.5 Å². The van der Waals surface area contributed by atoms with E-state index in [1.807, 2.05) is 0 Å². The maximum Gasteiger partial charge on any atom is 0.366 e. The summed E-state index contributed by atoms with van der Waals surface area (Å²) in [6, 6.07) is 3.15. The van der Waals surface area contributed by atoms with Gasteiger partial charge in [-0.05, 0) is 19.1 Å². The Kier molecular flexibility index (Phi) is 6.00. The van der Waals surface area contributed by atoms with Crippen LogP contribution in [0.25, 0.3) is 0 Å². The van der Waals surface area contributed by atoms with Crippen molar-refractivity contribution in [1.82, 2.24) is 9.46 Å². The molecule has 0 saturated carbocycles. The molecule has 158 valence electrons. The standard InChI is InChI=1S/C16H21N5O6S2/c1-4-20(5-2)29(24,25)16-13(22)11(9-28-16)18-14-15(21(23)27-19-14)17-10(3)12-7-6-8-26-12/h6-10,23H,4-5H2,1-3H3,(H2,18,19,22)/p+1/t10-/m1/s1. The number of rotatable bonds is 9. The monoisotopic (exact) mass is 444 g/mol. The van der Waals surface area contributed by atoms with Crippen LogP contribution in [0, 0.1) is 0 Å². The summed E-state index contributed by atoms with van der Waals surface area (Å²) in [6.07, 6.45) is 1.52. The van der Waals surface area contributed by atoms with E-state index < -0.39 is 15.8 Å². The number of aromatic nitrogens is 2. The Hall–Kier alpha value is -2.77. The maximum absolute atomic E-state index is 12.7. The highest BCUT2D eigenvalue weighted by Crippen LogP contribution is 2.41. The van der Waals surface area contributed by atoms with Gasteiger partial charge in [-0.3, -0.25) is 5.32 Å². The number of anilines is 3. The first-order valence-electron chi connectivity index (χ1n) is 8.78. The van der Waals surface area contributed by atoms with E-state index in [1.54, 1.807) is 32.9 Å². The molecule has 4 N–H and O–H groups in total. The van der Waals surface area contributed by atoms with Crippen molar-refractivity contribution in [3.63, 3.8) is 0 Å². The average molecular weight is 445 g/mol. The van der Waals surface area contributed by atoms with E-state index >= 15 is 0 Å². The third-order valence-corrected chi connectivity index (χ3v) is 7.75. The van der Waals surface area contributed by atoms with Gasteiger partial charge in [0.2, 0.25) is 0 Å². The van der Waals surface area contributed by atoms with Gasteiger partial charge in [-0.25, -0.2) is 8.42 Å². The second kappa shape index (κ2) is 8.31. The summed E-state index contributed by atoms with van der Waals surface area (Å²) >= 11 is 0.881. The maximum atomic E-state index is 12.7. The fourth-order valence-electron chi connectivity index (χ4n) is 2.69. The van der Waals surface area contributed by atoms with E-state index in [9.17, 15) is 18.7 Å². The van der Waals surface area contributed by atoms with Gasteiger partial charge < -0.3 is 20.0 Å². The highest BCUT2D eigenvalue weighted by atomic mass is 32.2. The summed E-state index contributed by atoms with van der Waals surface area (Å²) < 4.78 is 36.5. The molecular weight excluding hydrogens is 422 g/mol. The van der Waals surface area contributed by atoms with E-state index in [0.717, 1.165) is 11.3 Å². The molecule has 0 amide bonds. The predicted molar refractivity (Wildman–Crippen MR) is 104 cm³/mol. The zero-order valence-corrected chi connectivity index (χ0v) is 17.6. The normalized spacial score (nSPS) is 13.0. The van der Waals surface area contributed by atoms with Crippen molar-refractivity contribution in [1.29, 1.82) is 0 Å². The highest BCUT2D eigenvalue weighted by molar-refractivity contribution is 7.91. The molecule has 13 heteroatoms. The van der Waals surface area contributed by atoms with Gasteiger partial charge in [0.1, 0.15) is 21.9 Å². The molecule has 11 nitrogen and oxygen atoms in total. The third kappa shape index (κ3) is 4.02. The zero-order valence-electron chi connectivity index (χ0n) is 16.0. The number of nitrogens with zero attached hydrogens (tertiary/aromatic N) is 3. The minimum absolute atomic E-state index is 0.0470. The minimum Gasteiger partial charge on any atom is -0.504 e. The largest absolute Gasteiger partial charge is 0.504 e. The lowest BCUT2D eigenvalue weighted by Crippen LogP contribution is -2.32. The van der Waals surface area contributed by atoms with Crippen LogP contribution >= 0.6 is 11.3 Å². The number of aromatic hydroxyl groups is 1. The smallest absolute Gasteiger partial charge is 0.366 e. The van der Waals surface area contributed by atoms with Gasteiger partial charge in [-0.2, -0.15) is 4.31 Å². The molecule has 0 spiro atoms. The Morgan fingerprint density at radius 3 is 2.72 bits per heavy atom. The molecule has 0 bridgehead atoms. The molecular formula is C16H22N5O6S2+. The minimum atomic E-state index is -3.82. The fraction of sp³-hybridized carbons (Fsp3) is 0.375. The van der Waals surface area contributed by atoms with Crippen LogP contribution in [-0.4, -0.2) is 41.3 Å². The Morgan fingerprint density at radius 2 is 2.10 bits per heavy atom. The highest BCUT2D eigenvalue weighted by Gasteiger charge is 2.31. The summed E-state index contributed by atoms with van der Waals surface area (Å²) in [4.78, 5) is 0.415. The average Bonchev–Trinajstić information content (AvgIpc) is 3.40. The molecule has 29 heavy (non-hydrogen) atoms. The molecule has 0 aliphatic carbocycles. The molecule has 3 aromatic rings. The van der Waals surface area contributed by atoms with Gasteiger partial charge in [-0.1, -0.05) is 18.5 Å². The van der Waals surface area contributed by atoms with Crippen molar-refractivity contribution < 1.29 is 32.7 Å². The van der Waals surface area contributed by atoms with Crippen LogP contribution in [0.2, 0.25) is 0 Å². The molecule has 3 rings (SSSR count). The zero-order chi connectivity index (χ0) is 21.2. The van der Waals surface area contributed by atoms with Crippen molar-refractivity contribution in [2.75, 3.05) is 23.7 Å². The first kappa shape index (κ1) is 21.0. The summed E-state index contributed by atoms with van der Waals surface area (Å²) in [5, 5.41) is 31.3. The lowest BCUT2D eigenvalue weighted by Gasteiger charge is -2.17.